The standard InChI is InChI=1S/C28H32F4Si/c1-2-3-6-16-33-17-13-20(14-18-33)21-8-7-15-28(32,19-21)24-10-5-4-9-22(24)23-11-12-25(29)27(31)26(23)30/h4-5,7-12,19-20,33H,2-3,6,13-18H2,1H3/t20-,28?,33-. The molecule has 1 unspecified atom stereocenters. The van der Waals surface area contributed by atoms with Crippen LogP contribution in [0.2, 0.25) is 18.1 Å². The van der Waals surface area contributed by atoms with E-state index < -0.39 is 31.9 Å². The predicted molar refractivity (Wildman–Crippen MR) is 130 cm³/mol. The Balaban J connectivity index is 1.58. The smallest absolute Gasteiger partial charge is 0.195 e. The molecule has 0 nitrogen and oxygen atoms in total. The zero-order chi connectivity index (χ0) is 23.4. The van der Waals surface area contributed by atoms with Crippen LogP contribution in [0.25, 0.3) is 11.1 Å². The lowest BCUT2D eigenvalue weighted by Gasteiger charge is -2.33. The molecule has 0 aromatic heterocycles. The van der Waals surface area contributed by atoms with E-state index in [4.69, 9.17) is 0 Å². The van der Waals surface area contributed by atoms with Gasteiger partial charge in [0.25, 0.3) is 0 Å². The van der Waals surface area contributed by atoms with E-state index in [0.717, 1.165) is 24.5 Å². The number of halogens is 4. The third-order valence-corrected chi connectivity index (χ3v) is 10.9. The number of hydrogen-bond acceptors (Lipinski definition) is 0. The summed E-state index contributed by atoms with van der Waals surface area (Å²) in [5.41, 5.74) is -0.364. The van der Waals surface area contributed by atoms with Crippen molar-refractivity contribution < 1.29 is 17.6 Å². The van der Waals surface area contributed by atoms with Crippen molar-refractivity contribution >= 4 is 8.80 Å². The van der Waals surface area contributed by atoms with Crippen molar-refractivity contribution in [1.82, 2.24) is 0 Å². The van der Waals surface area contributed by atoms with Crippen LogP contribution in [-0.2, 0) is 5.67 Å². The summed E-state index contributed by atoms with van der Waals surface area (Å²) in [5.74, 6) is -3.71. The largest absolute Gasteiger partial charge is 0.234 e. The molecule has 4 rings (SSSR count). The summed E-state index contributed by atoms with van der Waals surface area (Å²) >= 11 is 0. The van der Waals surface area contributed by atoms with Crippen LogP contribution in [0.15, 0.2) is 60.2 Å². The molecule has 2 aromatic carbocycles. The number of rotatable bonds is 7. The SMILES string of the molecule is CCCCC[Si@H]1CC[C@H](C2=CC(F)(c3ccccc3-c3ccc(F)c(F)c3F)CC=C2)CC1. The van der Waals surface area contributed by atoms with E-state index in [1.807, 2.05) is 12.2 Å². The van der Waals surface area contributed by atoms with E-state index in [2.05, 4.69) is 6.92 Å². The lowest BCUT2D eigenvalue weighted by Crippen LogP contribution is -2.25. The van der Waals surface area contributed by atoms with Crippen molar-refractivity contribution in [2.24, 2.45) is 5.92 Å². The lowest BCUT2D eigenvalue weighted by molar-refractivity contribution is 0.233. The maximum atomic E-state index is 16.4. The van der Waals surface area contributed by atoms with E-state index in [1.54, 1.807) is 30.3 Å². The normalized spacial score (nSPS) is 25.2. The highest BCUT2D eigenvalue weighted by atomic mass is 28.3. The van der Waals surface area contributed by atoms with Crippen LogP contribution in [0.4, 0.5) is 17.6 Å². The van der Waals surface area contributed by atoms with Gasteiger partial charge in [-0.1, -0.05) is 80.7 Å². The molecule has 0 amide bonds. The van der Waals surface area contributed by atoms with Gasteiger partial charge in [0.05, 0.1) is 0 Å². The fraction of sp³-hybridized carbons (Fsp3) is 0.429. The second kappa shape index (κ2) is 10.4. The van der Waals surface area contributed by atoms with E-state index in [0.29, 0.717) is 11.5 Å². The van der Waals surface area contributed by atoms with Gasteiger partial charge in [-0.2, -0.15) is 0 Å². The Bertz CT molecular complexity index is 1040. The maximum Gasteiger partial charge on any atom is 0.195 e. The fourth-order valence-electron chi connectivity index (χ4n) is 5.46. The Kier molecular flexibility index (Phi) is 7.57. The molecule has 1 saturated heterocycles. The van der Waals surface area contributed by atoms with E-state index in [-0.39, 0.29) is 17.5 Å². The lowest BCUT2D eigenvalue weighted by atomic mass is 9.79. The molecule has 1 aliphatic carbocycles. The number of hydrogen-bond donors (Lipinski definition) is 0. The van der Waals surface area contributed by atoms with E-state index in [9.17, 15) is 13.2 Å². The van der Waals surface area contributed by atoms with E-state index in [1.165, 1.54) is 43.5 Å². The average molecular weight is 473 g/mol. The van der Waals surface area contributed by atoms with Crippen molar-refractivity contribution in [1.29, 1.82) is 0 Å². The van der Waals surface area contributed by atoms with Crippen molar-refractivity contribution in [2.45, 2.75) is 69.2 Å². The highest BCUT2D eigenvalue weighted by Crippen LogP contribution is 2.45. The molecule has 1 atom stereocenters. The van der Waals surface area contributed by atoms with Crippen molar-refractivity contribution in [2.75, 3.05) is 0 Å². The van der Waals surface area contributed by atoms with Gasteiger partial charge in [-0.3, -0.25) is 0 Å². The Labute approximate surface area is 196 Å². The van der Waals surface area contributed by atoms with Crippen LogP contribution >= 0.6 is 0 Å². The first-order valence-corrected chi connectivity index (χ1v) is 14.7. The molecule has 0 spiro atoms. The molecule has 0 bridgehead atoms. The van der Waals surface area contributed by atoms with Crippen LogP contribution in [0.1, 0.15) is 51.0 Å². The maximum absolute atomic E-state index is 16.4. The minimum Gasteiger partial charge on any atom is -0.234 e. The van der Waals surface area contributed by atoms with Crippen molar-refractivity contribution in [3.8, 4) is 11.1 Å². The number of alkyl halides is 1. The minimum absolute atomic E-state index is 0.121. The van der Waals surface area contributed by atoms with Crippen LogP contribution in [0.5, 0.6) is 0 Å². The molecule has 2 aromatic rings. The van der Waals surface area contributed by atoms with Crippen LogP contribution in [0.3, 0.4) is 0 Å². The van der Waals surface area contributed by atoms with Crippen LogP contribution < -0.4 is 0 Å². The number of unbranched alkanes of at least 4 members (excludes halogenated alkanes) is 2. The molecule has 1 aliphatic heterocycles. The summed E-state index contributed by atoms with van der Waals surface area (Å²) < 4.78 is 58.4. The van der Waals surface area contributed by atoms with Gasteiger partial charge < -0.3 is 0 Å². The third-order valence-electron chi connectivity index (χ3n) is 7.35. The van der Waals surface area contributed by atoms with E-state index >= 15 is 4.39 Å². The van der Waals surface area contributed by atoms with Gasteiger partial charge in [0.2, 0.25) is 0 Å². The van der Waals surface area contributed by atoms with Gasteiger partial charge in [0.15, 0.2) is 23.1 Å². The highest BCUT2D eigenvalue weighted by molar-refractivity contribution is 6.59. The summed E-state index contributed by atoms with van der Waals surface area (Å²) in [6.45, 7) is 2.24. The van der Waals surface area contributed by atoms with Crippen LogP contribution in [0, 0.1) is 23.4 Å². The fourth-order valence-corrected chi connectivity index (χ4v) is 8.94. The molecule has 0 N–H and O–H groups in total. The summed E-state index contributed by atoms with van der Waals surface area (Å²) in [7, 11) is -0.660. The minimum atomic E-state index is -1.81. The van der Waals surface area contributed by atoms with Gasteiger partial charge in [0, 0.05) is 26.3 Å². The molecule has 2 aliphatic rings. The summed E-state index contributed by atoms with van der Waals surface area (Å²) in [4.78, 5) is 0. The van der Waals surface area contributed by atoms with Crippen molar-refractivity contribution in [3.05, 3.63) is 83.2 Å². The Morgan fingerprint density at radius 1 is 0.939 bits per heavy atom. The second-order valence-corrected chi connectivity index (χ2v) is 13.1. The van der Waals surface area contributed by atoms with Gasteiger partial charge >= 0.3 is 0 Å². The molecular formula is C28H32F4Si. The third kappa shape index (κ3) is 5.18. The number of benzene rings is 2. The first-order valence-electron chi connectivity index (χ1n) is 12.2. The first-order chi connectivity index (χ1) is 15.9. The van der Waals surface area contributed by atoms with Crippen LogP contribution in [-0.4, -0.2) is 8.80 Å². The zero-order valence-corrected chi connectivity index (χ0v) is 20.4. The average Bonchev–Trinajstić information content (AvgIpc) is 2.83. The second-order valence-electron chi connectivity index (χ2n) is 9.60. The summed E-state index contributed by atoms with van der Waals surface area (Å²) in [5, 5.41) is 0. The Morgan fingerprint density at radius 3 is 2.45 bits per heavy atom. The molecular weight excluding hydrogens is 440 g/mol. The van der Waals surface area contributed by atoms with Gasteiger partial charge in [-0.05, 0) is 48.1 Å². The summed E-state index contributed by atoms with van der Waals surface area (Å²) in [6.07, 6.45) is 11.9. The molecule has 33 heavy (non-hydrogen) atoms. The number of allylic oxidation sites excluding steroid dienone is 4. The molecule has 176 valence electrons. The van der Waals surface area contributed by atoms with Crippen molar-refractivity contribution in [3.63, 3.8) is 0 Å². The zero-order valence-electron chi connectivity index (χ0n) is 19.2. The highest BCUT2D eigenvalue weighted by Gasteiger charge is 2.36. The molecule has 1 fully saturated rings. The molecule has 5 heteroatoms. The monoisotopic (exact) mass is 472 g/mol. The first kappa shape index (κ1) is 24.0. The molecule has 1 heterocycles. The van der Waals surface area contributed by atoms with Gasteiger partial charge in [0.1, 0.15) is 0 Å². The topological polar surface area (TPSA) is 0 Å². The molecule has 0 saturated carbocycles. The quantitative estimate of drug-likeness (QED) is 0.164. The molecule has 0 radical (unpaired) electrons. The Hall–Kier alpha value is -2.14. The predicted octanol–water partition coefficient (Wildman–Crippen LogP) is 8.65. The summed E-state index contributed by atoms with van der Waals surface area (Å²) in [6, 6.07) is 12.7. The van der Waals surface area contributed by atoms with Gasteiger partial charge in [-0.15, -0.1) is 0 Å². The van der Waals surface area contributed by atoms with Gasteiger partial charge in [-0.25, -0.2) is 17.6 Å². The Morgan fingerprint density at radius 2 is 1.70 bits per heavy atom.